The Balaban J connectivity index is 3.10. The van der Waals surface area contributed by atoms with E-state index < -0.39 is 18.7 Å². The number of nitrogen functional groups attached to an aromatic ring is 1. The third-order valence-electron chi connectivity index (χ3n) is 2.01. The molecule has 0 saturated carbocycles. The minimum Gasteiger partial charge on any atom is -0.374 e. The lowest BCUT2D eigenvalue weighted by atomic mass is 10.4. The Morgan fingerprint density at radius 1 is 1.06 bits per heavy atom. The molecule has 1 rings (SSSR count). The van der Waals surface area contributed by atoms with Crippen molar-refractivity contribution in [1.82, 2.24) is 15.0 Å². The molecule has 1 aromatic rings. The lowest BCUT2D eigenvalue weighted by Crippen LogP contribution is -2.41. The highest BCUT2D eigenvalue weighted by molar-refractivity contribution is 5.42. The third kappa shape index (κ3) is 3.65. The fraction of sp³-hybridized carbons (Fsp3) is 0.667. The number of hydrogen-bond acceptors (Lipinski definition) is 9. The maximum absolute atomic E-state index is 9.55. The van der Waals surface area contributed by atoms with Crippen LogP contribution >= 0.6 is 0 Å². The fourth-order valence-electron chi connectivity index (χ4n) is 1.39. The summed E-state index contributed by atoms with van der Waals surface area (Å²) in [4.78, 5) is 12.7. The summed E-state index contributed by atoms with van der Waals surface area (Å²) in [6, 6.07) is 0. The van der Waals surface area contributed by atoms with E-state index in [0.29, 0.717) is 0 Å². The Kier molecular flexibility index (Phi) is 4.59. The van der Waals surface area contributed by atoms with Crippen molar-refractivity contribution >= 4 is 17.8 Å². The van der Waals surface area contributed by atoms with Gasteiger partial charge in [-0.25, -0.2) is 0 Å². The van der Waals surface area contributed by atoms with Crippen molar-refractivity contribution in [2.45, 2.75) is 39.5 Å². The molecule has 0 aliphatic heterocycles. The number of aromatic nitrogens is 3. The molecule has 0 saturated heterocycles. The molecule has 1 heterocycles. The van der Waals surface area contributed by atoms with E-state index in [0.717, 1.165) is 4.90 Å². The van der Waals surface area contributed by atoms with Crippen LogP contribution in [0, 0.1) is 0 Å². The summed E-state index contributed by atoms with van der Waals surface area (Å²) in [5.74, 6) is -0.0242. The highest BCUT2D eigenvalue weighted by Crippen LogP contribution is 2.16. The van der Waals surface area contributed by atoms with Crippen molar-refractivity contribution in [3.05, 3.63) is 0 Å². The van der Waals surface area contributed by atoms with Gasteiger partial charge in [-0.05, 0) is 20.8 Å². The van der Waals surface area contributed by atoms with Gasteiger partial charge >= 0.3 is 0 Å². The van der Waals surface area contributed by atoms with Gasteiger partial charge in [0.05, 0.1) is 0 Å². The highest BCUT2D eigenvalue weighted by Gasteiger charge is 2.21. The van der Waals surface area contributed by atoms with Gasteiger partial charge < -0.3 is 26.4 Å². The van der Waals surface area contributed by atoms with Crippen molar-refractivity contribution in [1.29, 1.82) is 0 Å². The maximum Gasteiger partial charge on any atom is 0.236 e. The molecule has 0 bridgehead atoms. The summed E-state index contributed by atoms with van der Waals surface area (Å²) in [6.07, 6.45) is -2.89. The van der Waals surface area contributed by atoms with Crippen LogP contribution in [-0.2, 0) is 0 Å². The molecule has 0 aliphatic rings. The number of nitrogens with zero attached hydrogens (tertiary/aromatic N) is 4. The maximum atomic E-state index is 9.55. The first-order valence-corrected chi connectivity index (χ1v) is 5.42. The summed E-state index contributed by atoms with van der Waals surface area (Å²) < 4.78 is 0. The van der Waals surface area contributed by atoms with E-state index in [9.17, 15) is 15.3 Å². The second-order valence-electron chi connectivity index (χ2n) is 3.81. The zero-order valence-electron chi connectivity index (χ0n) is 10.4. The summed E-state index contributed by atoms with van der Waals surface area (Å²) in [5, 5.41) is 30.8. The van der Waals surface area contributed by atoms with E-state index in [1.54, 1.807) is 0 Å². The van der Waals surface area contributed by atoms with Gasteiger partial charge in [-0.3, -0.25) is 4.90 Å². The smallest absolute Gasteiger partial charge is 0.236 e. The standard InChI is InChI=1S/C9H18N6O3/c1-4(16)11-8-12-7(10)13-9(14-8)15(5(2)17)6(3)18/h4-6,16-18H,1-3H3,(H3,10,11,12,13,14). The van der Waals surface area contributed by atoms with Gasteiger partial charge in [0.1, 0.15) is 18.7 Å². The molecule has 0 aromatic carbocycles. The monoisotopic (exact) mass is 258 g/mol. The SMILES string of the molecule is CC(O)Nc1nc(N)nc(N(C(C)O)C(C)O)n1. The summed E-state index contributed by atoms with van der Waals surface area (Å²) >= 11 is 0. The van der Waals surface area contributed by atoms with Crippen molar-refractivity contribution in [2.24, 2.45) is 0 Å². The van der Waals surface area contributed by atoms with Crippen LogP contribution in [0.15, 0.2) is 0 Å². The Morgan fingerprint density at radius 3 is 2.06 bits per heavy atom. The first-order valence-electron chi connectivity index (χ1n) is 5.42. The van der Waals surface area contributed by atoms with Gasteiger partial charge in [0, 0.05) is 0 Å². The van der Waals surface area contributed by atoms with E-state index in [-0.39, 0.29) is 17.8 Å². The van der Waals surface area contributed by atoms with Crippen molar-refractivity contribution in [3.63, 3.8) is 0 Å². The number of hydrogen-bond donors (Lipinski definition) is 5. The molecule has 3 unspecified atom stereocenters. The highest BCUT2D eigenvalue weighted by atomic mass is 16.3. The number of aliphatic hydroxyl groups is 3. The van der Waals surface area contributed by atoms with Crippen molar-refractivity contribution in [2.75, 3.05) is 16.0 Å². The Hall–Kier alpha value is -1.71. The number of aliphatic hydroxyl groups excluding tert-OH is 3. The Labute approximate surface area is 104 Å². The fourth-order valence-corrected chi connectivity index (χ4v) is 1.39. The topological polar surface area (TPSA) is 141 Å². The van der Waals surface area contributed by atoms with Gasteiger partial charge in [0.2, 0.25) is 17.8 Å². The largest absolute Gasteiger partial charge is 0.374 e. The van der Waals surface area contributed by atoms with E-state index in [2.05, 4.69) is 20.3 Å². The molecule has 0 radical (unpaired) electrons. The first-order chi connectivity index (χ1) is 8.31. The average molecular weight is 258 g/mol. The molecule has 6 N–H and O–H groups in total. The zero-order chi connectivity index (χ0) is 13.9. The second-order valence-corrected chi connectivity index (χ2v) is 3.81. The predicted octanol–water partition coefficient (Wildman–Crippen LogP) is -1.31. The first kappa shape index (κ1) is 14.4. The molecule has 0 amide bonds. The van der Waals surface area contributed by atoms with Crippen LogP contribution in [0.2, 0.25) is 0 Å². The summed E-state index contributed by atoms with van der Waals surface area (Å²) in [5.41, 5.74) is 5.50. The molecule has 0 aliphatic carbocycles. The van der Waals surface area contributed by atoms with Gasteiger partial charge in [0.15, 0.2) is 0 Å². The molecule has 9 nitrogen and oxygen atoms in total. The van der Waals surface area contributed by atoms with E-state index in [1.807, 2.05) is 0 Å². The van der Waals surface area contributed by atoms with E-state index >= 15 is 0 Å². The van der Waals surface area contributed by atoms with Gasteiger partial charge in [-0.15, -0.1) is 0 Å². The number of anilines is 3. The molecule has 102 valence electrons. The second kappa shape index (κ2) is 5.76. The van der Waals surface area contributed by atoms with Crippen LogP contribution in [0.1, 0.15) is 20.8 Å². The minimum atomic E-state index is -1.01. The zero-order valence-corrected chi connectivity index (χ0v) is 10.4. The normalized spacial score (nSPS) is 15.9. The molecule has 3 atom stereocenters. The predicted molar refractivity (Wildman–Crippen MR) is 65.4 cm³/mol. The summed E-state index contributed by atoms with van der Waals surface area (Å²) in [6.45, 7) is 4.39. The molecule has 1 aromatic heterocycles. The van der Waals surface area contributed by atoms with Crippen LogP contribution in [0.3, 0.4) is 0 Å². The van der Waals surface area contributed by atoms with Crippen LogP contribution in [0.4, 0.5) is 17.8 Å². The molecule has 9 heteroatoms. The summed E-state index contributed by atoms with van der Waals surface area (Å²) in [7, 11) is 0. The average Bonchev–Trinajstić information content (AvgIpc) is 2.13. The Bertz CT molecular complexity index is 390. The van der Waals surface area contributed by atoms with Gasteiger partial charge in [0.25, 0.3) is 0 Å². The number of nitrogens with one attached hydrogen (secondary N) is 1. The number of nitrogens with two attached hydrogens (primary N) is 1. The van der Waals surface area contributed by atoms with Crippen LogP contribution in [0.25, 0.3) is 0 Å². The lowest BCUT2D eigenvalue weighted by molar-refractivity contribution is 0.103. The van der Waals surface area contributed by atoms with Gasteiger partial charge in [-0.1, -0.05) is 0 Å². The van der Waals surface area contributed by atoms with Crippen molar-refractivity contribution in [3.8, 4) is 0 Å². The molecule has 0 fully saturated rings. The molecular weight excluding hydrogens is 240 g/mol. The van der Waals surface area contributed by atoms with Crippen LogP contribution in [-0.4, -0.2) is 49.0 Å². The number of rotatable bonds is 5. The molecule has 0 spiro atoms. The Morgan fingerprint density at radius 2 is 1.61 bits per heavy atom. The third-order valence-corrected chi connectivity index (χ3v) is 2.01. The van der Waals surface area contributed by atoms with E-state index in [1.165, 1.54) is 20.8 Å². The van der Waals surface area contributed by atoms with Crippen molar-refractivity contribution < 1.29 is 15.3 Å². The minimum absolute atomic E-state index is 0.00986. The molecular formula is C9H18N6O3. The quantitative estimate of drug-likeness (QED) is 0.407. The lowest BCUT2D eigenvalue weighted by Gasteiger charge is -2.28. The van der Waals surface area contributed by atoms with Crippen LogP contribution < -0.4 is 16.0 Å². The van der Waals surface area contributed by atoms with E-state index in [4.69, 9.17) is 5.73 Å². The van der Waals surface area contributed by atoms with Gasteiger partial charge in [-0.2, -0.15) is 15.0 Å². The van der Waals surface area contributed by atoms with Crippen LogP contribution in [0.5, 0.6) is 0 Å². The molecule has 18 heavy (non-hydrogen) atoms.